The minimum absolute atomic E-state index is 0.947. The van der Waals surface area contributed by atoms with Crippen LogP contribution in [0.2, 0.25) is 0 Å². The highest BCUT2D eigenvalue weighted by Crippen LogP contribution is 1.95. The average Bonchev–Trinajstić information content (AvgIpc) is 1.81. The van der Waals surface area contributed by atoms with E-state index in [4.69, 9.17) is 5.11 Å². The van der Waals surface area contributed by atoms with Gasteiger partial charge in [0.1, 0.15) is 0 Å². The molecule has 1 heteroatoms. The Morgan fingerprint density at radius 3 is 2.62 bits per heavy atom. The molecule has 0 bridgehead atoms. The second kappa shape index (κ2) is 6.28. The van der Waals surface area contributed by atoms with Crippen molar-refractivity contribution < 1.29 is 5.11 Å². The lowest BCUT2D eigenvalue weighted by atomic mass is 10.2. The Bertz CT molecular complexity index is 74.5. The van der Waals surface area contributed by atoms with Gasteiger partial charge in [-0.15, -0.1) is 6.58 Å². The normalized spacial score (nSPS) is 10.0. The van der Waals surface area contributed by atoms with E-state index in [1.165, 1.54) is 0 Å². The number of rotatable bonds is 4. The number of aliphatic hydroxyl groups excluding tert-OH is 1. The van der Waals surface area contributed by atoms with Gasteiger partial charge in [-0.2, -0.15) is 0 Å². The molecule has 0 rings (SSSR count). The predicted molar refractivity (Wildman–Crippen MR) is 35.8 cm³/mol. The highest BCUT2D eigenvalue weighted by molar-refractivity contribution is 4.74. The van der Waals surface area contributed by atoms with Crippen LogP contribution in [0.5, 0.6) is 0 Å². The van der Waals surface area contributed by atoms with Crippen LogP contribution in [0.4, 0.5) is 0 Å². The van der Waals surface area contributed by atoms with Gasteiger partial charge in [0, 0.05) is 0 Å². The fourth-order valence-electron chi connectivity index (χ4n) is 0.455. The smallest absolute Gasteiger partial charge is 0.0751 e. The summed E-state index contributed by atoms with van der Waals surface area (Å²) in [4.78, 5) is 0. The quantitative estimate of drug-likeness (QED) is 0.336. The van der Waals surface area contributed by atoms with Gasteiger partial charge in [-0.1, -0.05) is 12.2 Å². The van der Waals surface area contributed by atoms with Crippen molar-refractivity contribution in [3.8, 4) is 0 Å². The fraction of sp³-hybridized carbons (Fsp3) is 0.429. The molecule has 8 heavy (non-hydrogen) atoms. The van der Waals surface area contributed by atoms with Crippen molar-refractivity contribution in [2.75, 3.05) is 0 Å². The lowest BCUT2D eigenvalue weighted by molar-refractivity contribution is 0.470. The van der Waals surface area contributed by atoms with E-state index in [0.29, 0.717) is 0 Å². The molecule has 0 radical (unpaired) electrons. The highest BCUT2D eigenvalue weighted by atomic mass is 16.2. The molecule has 0 heterocycles. The van der Waals surface area contributed by atoms with Gasteiger partial charge in [-0.05, 0) is 19.3 Å². The van der Waals surface area contributed by atoms with Gasteiger partial charge in [-0.3, -0.25) is 0 Å². The summed E-state index contributed by atoms with van der Waals surface area (Å²) in [7, 11) is 0. The molecule has 46 valence electrons. The topological polar surface area (TPSA) is 20.2 Å². The molecule has 0 aliphatic heterocycles. The first kappa shape index (κ1) is 7.28. The Hall–Kier alpha value is -0.720. The molecule has 0 aromatic carbocycles. The average molecular weight is 112 g/mol. The summed E-state index contributed by atoms with van der Waals surface area (Å²) in [5.41, 5.74) is 0. The Morgan fingerprint density at radius 1 is 1.38 bits per heavy atom. The SMILES string of the molecule is C=CCCCC=CO. The second-order valence-corrected chi connectivity index (χ2v) is 1.60. The number of unbranched alkanes of at least 4 members (excludes halogenated alkanes) is 2. The number of hydrogen-bond donors (Lipinski definition) is 1. The predicted octanol–water partition coefficient (Wildman–Crippen LogP) is 2.41. The minimum atomic E-state index is 0.947. The molecule has 0 saturated carbocycles. The van der Waals surface area contributed by atoms with E-state index in [1.807, 2.05) is 6.08 Å². The van der Waals surface area contributed by atoms with Crippen molar-refractivity contribution in [3.05, 3.63) is 25.0 Å². The monoisotopic (exact) mass is 112 g/mol. The van der Waals surface area contributed by atoms with Crippen LogP contribution in [0.25, 0.3) is 0 Å². The minimum Gasteiger partial charge on any atom is -0.516 e. The van der Waals surface area contributed by atoms with Gasteiger partial charge in [-0.25, -0.2) is 0 Å². The van der Waals surface area contributed by atoms with Gasteiger partial charge in [0.05, 0.1) is 6.26 Å². The maximum absolute atomic E-state index is 8.16. The van der Waals surface area contributed by atoms with E-state index in [0.717, 1.165) is 25.5 Å². The van der Waals surface area contributed by atoms with Gasteiger partial charge in [0.25, 0.3) is 0 Å². The molecule has 0 aliphatic rings. The fourth-order valence-corrected chi connectivity index (χ4v) is 0.455. The summed E-state index contributed by atoms with van der Waals surface area (Å²) in [6, 6.07) is 0. The molecule has 1 N–H and O–H groups in total. The van der Waals surface area contributed by atoms with E-state index < -0.39 is 0 Å². The van der Waals surface area contributed by atoms with Crippen LogP contribution in [-0.4, -0.2) is 5.11 Å². The molecule has 0 aliphatic carbocycles. The van der Waals surface area contributed by atoms with E-state index >= 15 is 0 Å². The number of aliphatic hydroxyl groups is 1. The molecule has 1 nitrogen and oxygen atoms in total. The maximum Gasteiger partial charge on any atom is 0.0751 e. The molecular weight excluding hydrogens is 100 g/mol. The zero-order chi connectivity index (χ0) is 6.24. The lowest BCUT2D eigenvalue weighted by Crippen LogP contribution is -1.66. The second-order valence-electron chi connectivity index (χ2n) is 1.60. The molecule has 0 aromatic heterocycles. The maximum atomic E-state index is 8.16. The van der Waals surface area contributed by atoms with Crippen LogP contribution in [0.15, 0.2) is 25.0 Å². The summed E-state index contributed by atoms with van der Waals surface area (Å²) < 4.78 is 0. The number of hydrogen-bond acceptors (Lipinski definition) is 1. The molecule has 0 unspecified atom stereocenters. The first-order valence-electron chi connectivity index (χ1n) is 2.82. The van der Waals surface area contributed by atoms with Crippen LogP contribution in [0.3, 0.4) is 0 Å². The molecular formula is C7H12O. The van der Waals surface area contributed by atoms with Crippen LogP contribution in [-0.2, 0) is 0 Å². The van der Waals surface area contributed by atoms with E-state index in [9.17, 15) is 0 Å². The van der Waals surface area contributed by atoms with Crippen LogP contribution >= 0.6 is 0 Å². The van der Waals surface area contributed by atoms with Crippen molar-refractivity contribution in [2.24, 2.45) is 0 Å². The van der Waals surface area contributed by atoms with Gasteiger partial charge >= 0.3 is 0 Å². The molecule has 0 atom stereocenters. The van der Waals surface area contributed by atoms with Crippen LogP contribution in [0, 0.1) is 0 Å². The molecule has 0 amide bonds. The van der Waals surface area contributed by atoms with E-state index in [2.05, 4.69) is 6.58 Å². The lowest BCUT2D eigenvalue weighted by Gasteiger charge is -1.85. The van der Waals surface area contributed by atoms with Crippen molar-refractivity contribution in [3.63, 3.8) is 0 Å². The molecule has 0 saturated heterocycles. The van der Waals surface area contributed by atoms with E-state index in [1.54, 1.807) is 6.08 Å². The third kappa shape index (κ3) is 5.28. The van der Waals surface area contributed by atoms with Crippen molar-refractivity contribution in [1.29, 1.82) is 0 Å². The molecule has 0 aromatic rings. The van der Waals surface area contributed by atoms with Gasteiger partial charge in [0.2, 0.25) is 0 Å². The van der Waals surface area contributed by atoms with Crippen LogP contribution in [0.1, 0.15) is 19.3 Å². The van der Waals surface area contributed by atoms with Crippen molar-refractivity contribution in [2.45, 2.75) is 19.3 Å². The Balaban J connectivity index is 2.82. The summed E-state index contributed by atoms with van der Waals surface area (Å²) in [6.45, 7) is 3.57. The zero-order valence-electron chi connectivity index (χ0n) is 5.01. The first-order chi connectivity index (χ1) is 3.91. The zero-order valence-corrected chi connectivity index (χ0v) is 5.01. The van der Waals surface area contributed by atoms with Crippen molar-refractivity contribution in [1.82, 2.24) is 0 Å². The Labute approximate surface area is 50.3 Å². The largest absolute Gasteiger partial charge is 0.516 e. The van der Waals surface area contributed by atoms with Crippen molar-refractivity contribution >= 4 is 0 Å². The van der Waals surface area contributed by atoms with Gasteiger partial charge < -0.3 is 5.11 Å². The molecule has 0 fully saturated rings. The number of allylic oxidation sites excluding steroid dienone is 2. The first-order valence-corrected chi connectivity index (χ1v) is 2.82. The summed E-state index contributed by atoms with van der Waals surface area (Å²) in [6.07, 6.45) is 7.77. The Kier molecular flexibility index (Phi) is 5.71. The summed E-state index contributed by atoms with van der Waals surface area (Å²) in [5, 5.41) is 8.16. The van der Waals surface area contributed by atoms with Crippen LogP contribution < -0.4 is 0 Å². The standard InChI is InChI=1S/C7H12O/c1-2-3-4-5-6-7-8/h2,6-8H,1,3-5H2. The summed E-state index contributed by atoms with van der Waals surface area (Å²) in [5.74, 6) is 0. The third-order valence-corrected chi connectivity index (χ3v) is 0.884. The highest BCUT2D eigenvalue weighted by Gasteiger charge is 1.76. The van der Waals surface area contributed by atoms with Gasteiger partial charge in [0.15, 0.2) is 0 Å². The summed E-state index contributed by atoms with van der Waals surface area (Å²) >= 11 is 0. The third-order valence-electron chi connectivity index (χ3n) is 0.884. The Morgan fingerprint density at radius 2 is 2.12 bits per heavy atom. The van der Waals surface area contributed by atoms with E-state index in [-0.39, 0.29) is 0 Å². The molecule has 0 spiro atoms.